The number of carbonyl (C=O) groups is 1. The van der Waals surface area contributed by atoms with Gasteiger partial charge >= 0.3 is 6.16 Å². The van der Waals surface area contributed by atoms with E-state index in [-0.39, 0.29) is 0 Å². The van der Waals surface area contributed by atoms with E-state index >= 15 is 0 Å². The maximum absolute atomic E-state index is 11.6. The number of ether oxygens (including phenoxy) is 1. The van der Waals surface area contributed by atoms with Crippen LogP contribution in [0.5, 0.6) is 0 Å². The monoisotopic (exact) mass is 315 g/mol. The first-order valence-electron chi connectivity index (χ1n) is 6.52. The topological polar surface area (TPSA) is 90.8 Å². The van der Waals surface area contributed by atoms with Gasteiger partial charge in [0.1, 0.15) is 12.3 Å². The quantitative estimate of drug-likeness (QED) is 0.375. The van der Waals surface area contributed by atoms with Crippen LogP contribution < -0.4 is 16.7 Å². The molecule has 0 aliphatic carbocycles. The van der Waals surface area contributed by atoms with Gasteiger partial charge in [0.15, 0.2) is 0 Å². The van der Waals surface area contributed by atoms with Gasteiger partial charge in [0.05, 0.1) is 5.69 Å². The molecule has 0 aliphatic rings. The molecule has 1 aromatic carbocycles. The normalized spacial score (nSPS) is 11.9. The summed E-state index contributed by atoms with van der Waals surface area (Å²) < 4.78 is 5.00. The standard InChI is InChI=1S/C14H25N3O3S/c1-10-8-12(15)13(9-11(10)2)17(16)20-14(18)19-6-7-21(3,4)5/h8-9H,6-7,15-16H2,1-5H3. The van der Waals surface area contributed by atoms with E-state index < -0.39 is 16.2 Å². The van der Waals surface area contributed by atoms with Crippen molar-refractivity contribution in [3.8, 4) is 0 Å². The summed E-state index contributed by atoms with van der Waals surface area (Å²) in [5, 5.41) is 0.841. The Morgan fingerprint density at radius 2 is 1.81 bits per heavy atom. The lowest BCUT2D eigenvalue weighted by Gasteiger charge is -2.24. The third kappa shape index (κ3) is 5.73. The van der Waals surface area contributed by atoms with Gasteiger partial charge in [0, 0.05) is 5.75 Å². The van der Waals surface area contributed by atoms with Gasteiger partial charge in [-0.05, 0) is 55.9 Å². The molecule has 21 heavy (non-hydrogen) atoms. The van der Waals surface area contributed by atoms with Crippen LogP contribution in [0, 0.1) is 13.8 Å². The molecule has 0 heterocycles. The van der Waals surface area contributed by atoms with Gasteiger partial charge in [-0.1, -0.05) is 0 Å². The summed E-state index contributed by atoms with van der Waals surface area (Å²) in [5.74, 6) is 6.53. The Labute approximate surface area is 127 Å². The lowest BCUT2D eigenvalue weighted by molar-refractivity contribution is 0.0504. The molecule has 0 spiro atoms. The molecule has 7 heteroatoms. The fourth-order valence-corrected chi connectivity index (χ4v) is 2.13. The molecule has 0 bridgehead atoms. The second-order valence-electron chi connectivity index (χ2n) is 5.81. The summed E-state index contributed by atoms with van der Waals surface area (Å²) in [7, 11) is -0.715. The van der Waals surface area contributed by atoms with Crippen LogP contribution in [0.1, 0.15) is 11.1 Å². The maximum Gasteiger partial charge on any atom is 0.534 e. The van der Waals surface area contributed by atoms with Gasteiger partial charge in [-0.25, -0.2) is 20.7 Å². The zero-order valence-electron chi connectivity index (χ0n) is 13.3. The number of anilines is 2. The average Bonchev–Trinajstić information content (AvgIpc) is 2.31. The molecular weight excluding hydrogens is 290 g/mol. The first-order valence-corrected chi connectivity index (χ1v) is 9.55. The van der Waals surface area contributed by atoms with Crippen LogP contribution in [-0.4, -0.2) is 37.3 Å². The number of hydrogen-bond acceptors (Lipinski definition) is 6. The summed E-state index contributed by atoms with van der Waals surface area (Å²) in [6.07, 6.45) is 5.60. The molecule has 0 atom stereocenters. The summed E-state index contributed by atoms with van der Waals surface area (Å²) in [4.78, 5) is 16.5. The van der Waals surface area contributed by atoms with E-state index in [1.165, 1.54) is 0 Å². The highest BCUT2D eigenvalue weighted by Crippen LogP contribution is 2.33. The number of rotatable bonds is 5. The molecule has 0 radical (unpaired) electrons. The van der Waals surface area contributed by atoms with Gasteiger partial charge in [0.25, 0.3) is 0 Å². The number of aryl methyl sites for hydroxylation is 2. The van der Waals surface area contributed by atoms with E-state index in [4.69, 9.17) is 21.2 Å². The Balaban J connectivity index is 2.59. The summed E-state index contributed by atoms with van der Waals surface area (Å²) in [6, 6.07) is 3.54. The Morgan fingerprint density at radius 3 is 2.38 bits per heavy atom. The third-order valence-corrected chi connectivity index (χ3v) is 4.36. The van der Waals surface area contributed by atoms with Crippen molar-refractivity contribution in [3.05, 3.63) is 23.3 Å². The highest BCUT2D eigenvalue weighted by Gasteiger charge is 2.15. The second-order valence-corrected chi connectivity index (χ2v) is 10.4. The number of hydrogen-bond donors (Lipinski definition) is 2. The van der Waals surface area contributed by atoms with E-state index in [1.54, 1.807) is 12.1 Å². The average molecular weight is 315 g/mol. The molecule has 0 unspecified atom stereocenters. The minimum Gasteiger partial charge on any atom is -0.432 e. The Bertz CT molecular complexity index is 515. The van der Waals surface area contributed by atoms with E-state index in [9.17, 15) is 4.79 Å². The molecule has 1 aromatic rings. The van der Waals surface area contributed by atoms with Gasteiger partial charge in [-0.3, -0.25) is 4.84 Å². The number of hydrazine groups is 1. The maximum atomic E-state index is 11.6. The zero-order chi connectivity index (χ0) is 16.2. The lowest BCUT2D eigenvalue weighted by atomic mass is 10.1. The predicted octanol–water partition coefficient (Wildman–Crippen LogP) is 2.33. The molecule has 0 saturated heterocycles. The van der Waals surface area contributed by atoms with E-state index in [2.05, 4.69) is 18.8 Å². The second kappa shape index (κ2) is 6.91. The third-order valence-electron chi connectivity index (χ3n) is 2.97. The largest absolute Gasteiger partial charge is 0.534 e. The fourth-order valence-electron chi connectivity index (χ4n) is 1.54. The Morgan fingerprint density at radius 1 is 1.24 bits per heavy atom. The van der Waals surface area contributed by atoms with E-state index in [0.29, 0.717) is 18.0 Å². The van der Waals surface area contributed by atoms with E-state index in [1.807, 2.05) is 13.8 Å². The minimum atomic E-state index is -0.834. The van der Waals surface area contributed by atoms with Gasteiger partial charge < -0.3 is 10.5 Å². The van der Waals surface area contributed by atoms with Crippen LogP contribution in [-0.2, 0) is 9.57 Å². The molecule has 1 rings (SSSR count). The van der Waals surface area contributed by atoms with Crippen LogP contribution >= 0.6 is 10.0 Å². The SMILES string of the molecule is Cc1cc(N)c(N(N)OC(=O)OCCS(C)(C)C)cc1C. The summed E-state index contributed by atoms with van der Waals surface area (Å²) >= 11 is 0. The zero-order valence-corrected chi connectivity index (χ0v) is 14.1. The van der Waals surface area contributed by atoms with E-state index in [0.717, 1.165) is 22.1 Å². The number of benzene rings is 1. The van der Waals surface area contributed by atoms with Crippen molar-refractivity contribution in [3.63, 3.8) is 0 Å². The number of nitrogens with zero attached hydrogens (tertiary/aromatic N) is 1. The van der Waals surface area contributed by atoms with Crippen molar-refractivity contribution in [1.29, 1.82) is 0 Å². The van der Waals surface area contributed by atoms with Crippen LogP contribution in [0.2, 0.25) is 0 Å². The molecule has 6 nitrogen and oxygen atoms in total. The van der Waals surface area contributed by atoms with Crippen molar-refractivity contribution < 1.29 is 14.4 Å². The van der Waals surface area contributed by atoms with Crippen molar-refractivity contribution >= 4 is 27.6 Å². The number of carbonyl (C=O) groups excluding carboxylic acids is 1. The Kier molecular flexibility index (Phi) is 5.74. The fraction of sp³-hybridized carbons (Fsp3) is 0.500. The molecule has 0 aliphatic heterocycles. The molecular formula is C14H25N3O3S. The van der Waals surface area contributed by atoms with Gasteiger partial charge in [-0.2, -0.15) is 0 Å². The minimum absolute atomic E-state index is 0.313. The summed E-state index contributed by atoms with van der Waals surface area (Å²) in [5.41, 5.74) is 8.78. The smallest absolute Gasteiger partial charge is 0.432 e. The molecule has 4 N–H and O–H groups in total. The van der Waals surface area contributed by atoms with Crippen molar-refractivity contribution in [2.24, 2.45) is 5.84 Å². The van der Waals surface area contributed by atoms with Crippen LogP contribution in [0.25, 0.3) is 0 Å². The van der Waals surface area contributed by atoms with Crippen LogP contribution in [0.4, 0.5) is 16.2 Å². The number of nitrogen functional groups attached to an aromatic ring is 1. The van der Waals surface area contributed by atoms with Crippen molar-refractivity contribution in [2.75, 3.05) is 42.0 Å². The molecule has 0 amide bonds. The van der Waals surface area contributed by atoms with Gasteiger partial charge in [0.2, 0.25) is 0 Å². The predicted molar refractivity (Wildman–Crippen MR) is 89.7 cm³/mol. The molecule has 0 aromatic heterocycles. The number of nitrogens with two attached hydrogens (primary N) is 2. The van der Waals surface area contributed by atoms with Crippen LogP contribution in [0.3, 0.4) is 0 Å². The lowest BCUT2D eigenvalue weighted by Crippen LogP contribution is -2.35. The highest BCUT2D eigenvalue weighted by molar-refractivity contribution is 8.32. The molecule has 0 fully saturated rings. The van der Waals surface area contributed by atoms with Gasteiger partial charge in [-0.15, -0.1) is 5.17 Å². The summed E-state index contributed by atoms with van der Waals surface area (Å²) in [6.45, 7) is 4.19. The van der Waals surface area contributed by atoms with Crippen LogP contribution in [0.15, 0.2) is 12.1 Å². The van der Waals surface area contributed by atoms with Crippen molar-refractivity contribution in [1.82, 2.24) is 0 Å². The molecule has 120 valence electrons. The first-order chi connectivity index (χ1) is 9.60. The van der Waals surface area contributed by atoms with Crippen molar-refractivity contribution in [2.45, 2.75) is 13.8 Å². The highest BCUT2D eigenvalue weighted by atomic mass is 32.3. The molecule has 0 saturated carbocycles. The first kappa shape index (κ1) is 17.5. The Hall–Kier alpha value is -1.60.